The van der Waals surface area contributed by atoms with Crippen molar-refractivity contribution in [2.24, 2.45) is 0 Å². The van der Waals surface area contributed by atoms with Gasteiger partial charge >= 0.3 is 0 Å². The van der Waals surface area contributed by atoms with Crippen LogP contribution < -0.4 is 0 Å². The standard InChI is InChI=1S/C3H8O2S.C2H6OS/c1-2(4)3(5)6;3-1-2-4/h2-6H,1H3;3-4H,1-2H2. The summed E-state index contributed by atoms with van der Waals surface area (Å²) in [7, 11) is 0. The number of aliphatic hydroxyl groups is 3. The Morgan fingerprint density at radius 3 is 1.60 bits per heavy atom. The fourth-order valence-electron chi connectivity index (χ4n) is 0. The van der Waals surface area contributed by atoms with E-state index in [4.69, 9.17) is 15.3 Å². The molecule has 0 fully saturated rings. The molecule has 64 valence electrons. The molecular formula is C5H14O3S2. The van der Waals surface area contributed by atoms with Crippen molar-refractivity contribution in [3.8, 4) is 0 Å². The molecule has 2 unspecified atom stereocenters. The molecule has 0 saturated carbocycles. The zero-order chi connectivity index (χ0) is 8.57. The Hall–Kier alpha value is 0.580. The lowest BCUT2D eigenvalue weighted by molar-refractivity contribution is 0.0886. The van der Waals surface area contributed by atoms with Gasteiger partial charge in [0.15, 0.2) is 0 Å². The van der Waals surface area contributed by atoms with Crippen molar-refractivity contribution < 1.29 is 15.3 Å². The van der Waals surface area contributed by atoms with E-state index in [1.54, 1.807) is 0 Å². The second-order valence-corrected chi connectivity index (χ2v) is 2.58. The molecular weight excluding hydrogens is 172 g/mol. The minimum Gasteiger partial charge on any atom is -0.396 e. The molecule has 0 spiro atoms. The van der Waals surface area contributed by atoms with E-state index in [0.29, 0.717) is 5.75 Å². The Bertz CT molecular complexity index is 50.9. The maximum Gasteiger partial charge on any atom is 0.122 e. The Morgan fingerprint density at radius 1 is 1.40 bits per heavy atom. The highest BCUT2D eigenvalue weighted by molar-refractivity contribution is 7.80. The van der Waals surface area contributed by atoms with E-state index in [1.807, 2.05) is 0 Å². The van der Waals surface area contributed by atoms with Gasteiger partial charge in [0.2, 0.25) is 0 Å². The van der Waals surface area contributed by atoms with Crippen LogP contribution in [0.5, 0.6) is 0 Å². The highest BCUT2D eigenvalue weighted by Crippen LogP contribution is 1.93. The summed E-state index contributed by atoms with van der Waals surface area (Å²) in [5, 5.41) is 24.3. The number of rotatable bonds is 2. The largest absolute Gasteiger partial charge is 0.396 e. The maximum absolute atomic E-state index is 8.30. The first-order valence-electron chi connectivity index (χ1n) is 2.82. The average molecular weight is 186 g/mol. The molecule has 0 saturated heterocycles. The Labute approximate surface area is 71.9 Å². The van der Waals surface area contributed by atoms with E-state index in [-0.39, 0.29) is 6.61 Å². The van der Waals surface area contributed by atoms with Crippen LogP contribution in [0.1, 0.15) is 6.92 Å². The molecule has 10 heavy (non-hydrogen) atoms. The van der Waals surface area contributed by atoms with E-state index in [1.165, 1.54) is 6.92 Å². The second-order valence-electron chi connectivity index (χ2n) is 1.60. The van der Waals surface area contributed by atoms with Gasteiger partial charge in [-0.2, -0.15) is 12.6 Å². The van der Waals surface area contributed by atoms with Crippen LogP contribution in [0.4, 0.5) is 0 Å². The van der Waals surface area contributed by atoms with Crippen LogP contribution >= 0.6 is 25.3 Å². The predicted octanol–water partition coefficient (Wildman–Crippen LogP) is -0.476. The molecule has 3 N–H and O–H groups in total. The molecule has 0 amide bonds. The zero-order valence-corrected chi connectivity index (χ0v) is 7.59. The topological polar surface area (TPSA) is 60.7 Å². The molecule has 0 heterocycles. The Morgan fingerprint density at radius 2 is 1.60 bits per heavy atom. The van der Waals surface area contributed by atoms with E-state index in [9.17, 15) is 0 Å². The van der Waals surface area contributed by atoms with Gasteiger partial charge in [0.05, 0.1) is 12.7 Å². The van der Waals surface area contributed by atoms with Gasteiger partial charge < -0.3 is 15.3 Å². The minimum absolute atomic E-state index is 0.184. The average Bonchev–Trinajstić information content (AvgIpc) is 1.89. The molecule has 0 aromatic heterocycles. The van der Waals surface area contributed by atoms with Crippen LogP contribution in [0.3, 0.4) is 0 Å². The molecule has 0 bridgehead atoms. The molecule has 0 aliphatic rings. The van der Waals surface area contributed by atoms with Crippen LogP contribution in [0.25, 0.3) is 0 Å². The minimum atomic E-state index is -0.898. The van der Waals surface area contributed by atoms with Crippen LogP contribution in [0, 0.1) is 0 Å². The van der Waals surface area contributed by atoms with E-state index < -0.39 is 11.5 Å². The summed E-state index contributed by atoms with van der Waals surface area (Å²) in [6.07, 6.45) is -0.728. The molecule has 0 radical (unpaired) electrons. The third-order valence-corrected chi connectivity index (χ3v) is 1.16. The monoisotopic (exact) mass is 186 g/mol. The SMILES string of the molecule is CC(O)C(O)S.OCCS. The van der Waals surface area contributed by atoms with Crippen LogP contribution in [0.15, 0.2) is 0 Å². The summed E-state index contributed by atoms with van der Waals surface area (Å²) < 4.78 is 0. The molecule has 0 aromatic rings. The van der Waals surface area contributed by atoms with Crippen molar-refractivity contribution >= 4 is 25.3 Å². The number of aliphatic hydroxyl groups excluding tert-OH is 3. The summed E-state index contributed by atoms with van der Waals surface area (Å²) in [4.78, 5) is 0. The summed E-state index contributed by atoms with van der Waals surface area (Å²) in [5.41, 5.74) is -0.898. The first kappa shape index (κ1) is 13.2. The Balaban J connectivity index is 0. The lowest BCUT2D eigenvalue weighted by Crippen LogP contribution is -2.14. The highest BCUT2D eigenvalue weighted by atomic mass is 32.1. The van der Waals surface area contributed by atoms with Crippen molar-refractivity contribution in [3.05, 3.63) is 0 Å². The van der Waals surface area contributed by atoms with Gasteiger partial charge in [0, 0.05) is 5.75 Å². The maximum atomic E-state index is 8.30. The fraction of sp³-hybridized carbons (Fsp3) is 1.00. The summed E-state index contributed by atoms with van der Waals surface area (Å²) in [6, 6.07) is 0. The Kier molecular flexibility index (Phi) is 12.6. The first-order valence-corrected chi connectivity index (χ1v) is 3.97. The molecule has 5 heteroatoms. The van der Waals surface area contributed by atoms with Crippen LogP contribution in [-0.4, -0.2) is 39.2 Å². The normalized spacial score (nSPS) is 15.0. The molecule has 2 atom stereocenters. The lowest BCUT2D eigenvalue weighted by atomic mass is 10.4. The van der Waals surface area contributed by atoms with Crippen LogP contribution in [0.2, 0.25) is 0 Å². The second kappa shape index (κ2) is 9.58. The van der Waals surface area contributed by atoms with Crippen molar-refractivity contribution in [2.45, 2.75) is 18.5 Å². The molecule has 0 aliphatic heterocycles. The number of thiol groups is 2. The first-order chi connectivity index (χ1) is 4.56. The van der Waals surface area contributed by atoms with Gasteiger partial charge in [0.25, 0.3) is 0 Å². The van der Waals surface area contributed by atoms with E-state index in [0.717, 1.165) is 0 Å². The van der Waals surface area contributed by atoms with Crippen molar-refractivity contribution in [1.29, 1.82) is 0 Å². The fourth-order valence-corrected chi connectivity index (χ4v) is 0. The summed E-state index contributed by atoms with van der Waals surface area (Å²) >= 11 is 7.17. The van der Waals surface area contributed by atoms with E-state index >= 15 is 0 Å². The summed E-state index contributed by atoms with van der Waals surface area (Å²) in [5.74, 6) is 0.569. The lowest BCUT2D eigenvalue weighted by Gasteiger charge is -2.02. The highest BCUT2D eigenvalue weighted by Gasteiger charge is 2.00. The van der Waals surface area contributed by atoms with Gasteiger partial charge in [-0.05, 0) is 6.92 Å². The van der Waals surface area contributed by atoms with Gasteiger partial charge in [-0.1, -0.05) is 0 Å². The van der Waals surface area contributed by atoms with Gasteiger partial charge in [-0.25, -0.2) is 0 Å². The number of hydrogen-bond donors (Lipinski definition) is 5. The van der Waals surface area contributed by atoms with Crippen molar-refractivity contribution in [2.75, 3.05) is 12.4 Å². The quantitative estimate of drug-likeness (QED) is 0.299. The van der Waals surface area contributed by atoms with Crippen LogP contribution in [-0.2, 0) is 0 Å². The smallest absolute Gasteiger partial charge is 0.122 e. The van der Waals surface area contributed by atoms with Crippen molar-refractivity contribution in [1.82, 2.24) is 0 Å². The predicted molar refractivity (Wildman–Crippen MR) is 47.6 cm³/mol. The third kappa shape index (κ3) is 15.8. The number of hydrogen-bond acceptors (Lipinski definition) is 5. The molecule has 0 aromatic carbocycles. The van der Waals surface area contributed by atoms with Gasteiger partial charge in [-0.15, -0.1) is 12.6 Å². The van der Waals surface area contributed by atoms with Crippen molar-refractivity contribution in [3.63, 3.8) is 0 Å². The molecule has 0 aliphatic carbocycles. The third-order valence-electron chi connectivity index (χ3n) is 0.531. The summed E-state index contributed by atoms with van der Waals surface area (Å²) in [6.45, 7) is 1.65. The molecule has 3 nitrogen and oxygen atoms in total. The molecule has 0 rings (SSSR count). The van der Waals surface area contributed by atoms with Gasteiger partial charge in [-0.3, -0.25) is 0 Å². The van der Waals surface area contributed by atoms with E-state index in [2.05, 4.69) is 25.3 Å². The zero-order valence-electron chi connectivity index (χ0n) is 5.80. The van der Waals surface area contributed by atoms with Gasteiger partial charge in [0.1, 0.15) is 5.44 Å².